The van der Waals surface area contributed by atoms with Crippen LogP contribution in [-0.2, 0) is 14.2 Å². The van der Waals surface area contributed by atoms with Gasteiger partial charge in [-0.3, -0.25) is 0 Å². The molecule has 2 fully saturated rings. The molecular formula is C8H11F3O4. The average Bonchev–Trinajstić information content (AvgIpc) is 2.45. The lowest BCUT2D eigenvalue weighted by molar-refractivity contribution is -0.281. The lowest BCUT2D eigenvalue weighted by Crippen LogP contribution is -2.40. The van der Waals surface area contributed by atoms with Crippen LogP contribution in [0, 0.1) is 0 Å². The summed E-state index contributed by atoms with van der Waals surface area (Å²) in [5.41, 5.74) is 0. The lowest BCUT2D eigenvalue weighted by Gasteiger charge is -2.23. The monoisotopic (exact) mass is 228 g/mol. The summed E-state index contributed by atoms with van der Waals surface area (Å²) in [6, 6.07) is 0. The molecule has 2 aliphatic heterocycles. The van der Waals surface area contributed by atoms with Crippen molar-refractivity contribution in [2.24, 2.45) is 0 Å². The lowest BCUT2D eigenvalue weighted by atomic mass is 10.1. The fraction of sp³-hybridized carbons (Fsp3) is 1.00. The number of aliphatic hydroxyl groups is 1. The van der Waals surface area contributed by atoms with Gasteiger partial charge in [-0.15, -0.1) is 0 Å². The molecule has 7 heteroatoms. The molecule has 0 radical (unpaired) electrons. The topological polar surface area (TPSA) is 47.9 Å². The molecule has 0 aromatic rings. The molecule has 0 aliphatic carbocycles. The highest BCUT2D eigenvalue weighted by Gasteiger charge is 2.62. The van der Waals surface area contributed by atoms with Gasteiger partial charge in [-0.25, -0.2) is 0 Å². The third kappa shape index (κ3) is 1.84. The quantitative estimate of drug-likeness (QED) is 0.665. The van der Waals surface area contributed by atoms with Crippen molar-refractivity contribution in [3.63, 3.8) is 0 Å². The van der Waals surface area contributed by atoms with Crippen molar-refractivity contribution in [1.82, 2.24) is 0 Å². The van der Waals surface area contributed by atoms with Crippen molar-refractivity contribution in [2.45, 2.75) is 50.4 Å². The second kappa shape index (κ2) is 3.07. The molecule has 88 valence electrons. The molecule has 2 saturated heterocycles. The summed E-state index contributed by atoms with van der Waals surface area (Å²) in [6.07, 6.45) is -10.7. The van der Waals surface area contributed by atoms with Crippen LogP contribution < -0.4 is 0 Å². The van der Waals surface area contributed by atoms with E-state index in [2.05, 4.69) is 4.74 Å². The number of hydrogen-bond donors (Lipinski definition) is 1. The van der Waals surface area contributed by atoms with E-state index >= 15 is 0 Å². The van der Waals surface area contributed by atoms with Crippen LogP contribution in [0.4, 0.5) is 13.2 Å². The molecule has 2 aliphatic rings. The van der Waals surface area contributed by atoms with Gasteiger partial charge in [0.05, 0.1) is 0 Å². The second-order valence-electron chi connectivity index (χ2n) is 4.05. The van der Waals surface area contributed by atoms with Gasteiger partial charge in [0.25, 0.3) is 0 Å². The van der Waals surface area contributed by atoms with Gasteiger partial charge in [-0.2, -0.15) is 13.2 Å². The Kier molecular flexibility index (Phi) is 2.27. The van der Waals surface area contributed by atoms with Gasteiger partial charge >= 0.3 is 6.18 Å². The molecule has 2 heterocycles. The third-order valence-corrected chi connectivity index (χ3v) is 2.35. The van der Waals surface area contributed by atoms with Gasteiger partial charge in [0.2, 0.25) is 0 Å². The van der Waals surface area contributed by atoms with E-state index in [0.29, 0.717) is 0 Å². The normalized spacial score (nSPS) is 44.4. The van der Waals surface area contributed by atoms with Gasteiger partial charge in [0.1, 0.15) is 12.2 Å². The second-order valence-corrected chi connectivity index (χ2v) is 4.05. The summed E-state index contributed by atoms with van der Waals surface area (Å²) >= 11 is 0. The fourth-order valence-electron chi connectivity index (χ4n) is 1.84. The Morgan fingerprint density at radius 3 is 2.20 bits per heavy atom. The van der Waals surface area contributed by atoms with Crippen molar-refractivity contribution >= 4 is 0 Å². The molecule has 0 saturated carbocycles. The Bertz CT molecular complexity index is 265. The minimum absolute atomic E-state index is 1.08. The summed E-state index contributed by atoms with van der Waals surface area (Å²) in [6.45, 7) is 2.98. The molecular weight excluding hydrogens is 217 g/mol. The minimum atomic E-state index is -4.57. The summed E-state index contributed by atoms with van der Waals surface area (Å²) in [4.78, 5) is 0. The van der Waals surface area contributed by atoms with E-state index in [9.17, 15) is 18.3 Å². The highest BCUT2D eigenvalue weighted by molar-refractivity contribution is 4.97. The van der Waals surface area contributed by atoms with E-state index in [1.807, 2.05) is 0 Å². The van der Waals surface area contributed by atoms with E-state index < -0.39 is 36.6 Å². The number of hydrogen-bond acceptors (Lipinski definition) is 4. The predicted octanol–water partition coefficient (Wildman–Crippen LogP) is 0.786. The van der Waals surface area contributed by atoms with Crippen molar-refractivity contribution in [1.29, 1.82) is 0 Å². The molecule has 1 unspecified atom stereocenters. The zero-order chi connectivity index (χ0) is 11.4. The Balaban J connectivity index is 2.20. The van der Waals surface area contributed by atoms with Crippen LogP contribution in [0.1, 0.15) is 13.8 Å². The molecule has 0 amide bonds. The number of fused-ring (bicyclic) bond motifs is 1. The van der Waals surface area contributed by atoms with E-state index in [1.54, 1.807) is 0 Å². The Morgan fingerprint density at radius 2 is 1.67 bits per heavy atom. The first-order chi connectivity index (χ1) is 6.71. The summed E-state index contributed by atoms with van der Waals surface area (Å²) in [5.74, 6) is -1.12. The first-order valence-electron chi connectivity index (χ1n) is 4.46. The molecule has 0 bridgehead atoms. The van der Waals surface area contributed by atoms with E-state index in [-0.39, 0.29) is 0 Å². The first-order valence-corrected chi connectivity index (χ1v) is 4.46. The van der Waals surface area contributed by atoms with E-state index in [0.717, 1.165) is 0 Å². The van der Waals surface area contributed by atoms with E-state index in [4.69, 9.17) is 9.47 Å². The van der Waals surface area contributed by atoms with Crippen LogP contribution in [-0.4, -0.2) is 41.7 Å². The summed E-state index contributed by atoms with van der Waals surface area (Å²) in [5, 5.41) is 9.24. The average molecular weight is 228 g/mol. The number of halogens is 3. The number of rotatable bonds is 0. The number of ether oxygens (including phenoxy) is 3. The zero-order valence-electron chi connectivity index (χ0n) is 8.12. The SMILES string of the molecule is CC1(C)O[C@@H]2[C@@H](O1)C(O)O[C@@H]2C(F)(F)F. The first kappa shape index (κ1) is 11.1. The van der Waals surface area contributed by atoms with Crippen molar-refractivity contribution in [3.8, 4) is 0 Å². The zero-order valence-corrected chi connectivity index (χ0v) is 8.12. The molecule has 4 nitrogen and oxygen atoms in total. The van der Waals surface area contributed by atoms with Crippen molar-refractivity contribution in [3.05, 3.63) is 0 Å². The molecule has 0 aromatic carbocycles. The third-order valence-electron chi connectivity index (χ3n) is 2.35. The Hall–Kier alpha value is -0.370. The summed E-state index contributed by atoms with van der Waals surface area (Å²) in [7, 11) is 0. The highest BCUT2D eigenvalue weighted by Crippen LogP contribution is 2.43. The van der Waals surface area contributed by atoms with Gasteiger partial charge in [-0.1, -0.05) is 0 Å². The van der Waals surface area contributed by atoms with Crippen LogP contribution in [0.15, 0.2) is 0 Å². The Labute approximate surface area is 83.9 Å². The van der Waals surface area contributed by atoms with Crippen LogP contribution in [0.5, 0.6) is 0 Å². The van der Waals surface area contributed by atoms with Crippen molar-refractivity contribution < 1.29 is 32.5 Å². The molecule has 15 heavy (non-hydrogen) atoms. The maximum atomic E-state index is 12.5. The largest absolute Gasteiger partial charge is 0.417 e. The molecule has 1 N–H and O–H groups in total. The number of aliphatic hydroxyl groups excluding tert-OH is 1. The molecule has 0 aromatic heterocycles. The number of alkyl halides is 3. The summed E-state index contributed by atoms with van der Waals surface area (Å²) < 4.78 is 51.9. The maximum Gasteiger partial charge on any atom is 0.417 e. The minimum Gasteiger partial charge on any atom is -0.366 e. The predicted molar refractivity (Wildman–Crippen MR) is 40.8 cm³/mol. The van der Waals surface area contributed by atoms with Gasteiger partial charge < -0.3 is 19.3 Å². The Morgan fingerprint density at radius 1 is 1.13 bits per heavy atom. The van der Waals surface area contributed by atoms with Crippen molar-refractivity contribution in [2.75, 3.05) is 0 Å². The highest BCUT2D eigenvalue weighted by atomic mass is 19.4. The van der Waals surface area contributed by atoms with Crippen LogP contribution >= 0.6 is 0 Å². The van der Waals surface area contributed by atoms with Gasteiger partial charge in [0, 0.05) is 0 Å². The van der Waals surface area contributed by atoms with Gasteiger partial charge in [-0.05, 0) is 13.8 Å². The van der Waals surface area contributed by atoms with Crippen LogP contribution in [0.2, 0.25) is 0 Å². The molecule has 2 rings (SSSR count). The fourth-order valence-corrected chi connectivity index (χ4v) is 1.84. The molecule has 0 spiro atoms. The molecule has 4 atom stereocenters. The van der Waals surface area contributed by atoms with Crippen LogP contribution in [0.25, 0.3) is 0 Å². The van der Waals surface area contributed by atoms with E-state index in [1.165, 1.54) is 13.8 Å². The standard InChI is InChI=1S/C8H11F3O4/c1-7(2)14-3-4(15-7)6(12)13-5(3)8(9,10)11/h3-6,12H,1-2H3/t3-,4-,5+,6?/m1/s1. The van der Waals surface area contributed by atoms with Crippen LogP contribution in [0.3, 0.4) is 0 Å². The van der Waals surface area contributed by atoms with Gasteiger partial charge in [0.15, 0.2) is 18.2 Å². The maximum absolute atomic E-state index is 12.5. The smallest absolute Gasteiger partial charge is 0.366 e.